The van der Waals surface area contributed by atoms with Crippen molar-refractivity contribution in [1.82, 2.24) is 5.32 Å². The Balaban J connectivity index is 1.95. The molecule has 0 heterocycles. The summed E-state index contributed by atoms with van der Waals surface area (Å²) in [7, 11) is 1.61. The first-order valence-electron chi connectivity index (χ1n) is 6.50. The van der Waals surface area contributed by atoms with Gasteiger partial charge < -0.3 is 15.2 Å². The fraction of sp³-hybridized carbons (Fsp3) is 0.188. The average Bonchev–Trinajstić information content (AvgIpc) is 2.47. The Morgan fingerprint density at radius 3 is 2.76 bits per heavy atom. The van der Waals surface area contributed by atoms with E-state index < -0.39 is 0 Å². The van der Waals surface area contributed by atoms with Crippen LogP contribution in [0.1, 0.15) is 15.9 Å². The van der Waals surface area contributed by atoms with Gasteiger partial charge in [0.2, 0.25) is 0 Å². The number of amides is 1. The third kappa shape index (κ3) is 3.89. The number of methoxy groups -OCH3 is 1. The Hall–Kier alpha value is -2.20. The van der Waals surface area contributed by atoms with Crippen LogP contribution in [-0.4, -0.2) is 24.7 Å². The van der Waals surface area contributed by atoms with Gasteiger partial charge in [-0.1, -0.05) is 29.8 Å². The van der Waals surface area contributed by atoms with E-state index in [0.717, 1.165) is 11.3 Å². The summed E-state index contributed by atoms with van der Waals surface area (Å²) in [5, 5.41) is 12.8. The van der Waals surface area contributed by atoms with Crippen LogP contribution in [0.3, 0.4) is 0 Å². The van der Waals surface area contributed by atoms with Gasteiger partial charge in [-0.15, -0.1) is 0 Å². The van der Waals surface area contributed by atoms with Crippen molar-refractivity contribution >= 4 is 17.5 Å². The van der Waals surface area contributed by atoms with E-state index in [-0.39, 0.29) is 17.2 Å². The monoisotopic (exact) mass is 305 g/mol. The Kier molecular flexibility index (Phi) is 5.06. The van der Waals surface area contributed by atoms with Gasteiger partial charge >= 0.3 is 0 Å². The van der Waals surface area contributed by atoms with Gasteiger partial charge in [0.25, 0.3) is 5.91 Å². The van der Waals surface area contributed by atoms with Gasteiger partial charge in [0.05, 0.1) is 12.7 Å². The van der Waals surface area contributed by atoms with E-state index >= 15 is 0 Å². The summed E-state index contributed by atoms with van der Waals surface area (Å²) in [6.45, 7) is 0.446. The van der Waals surface area contributed by atoms with Crippen LogP contribution >= 0.6 is 11.6 Å². The maximum absolute atomic E-state index is 12.0. The first-order chi connectivity index (χ1) is 10.1. The number of ether oxygens (including phenoxy) is 1. The van der Waals surface area contributed by atoms with Crippen LogP contribution in [0.25, 0.3) is 0 Å². The van der Waals surface area contributed by atoms with Crippen LogP contribution in [-0.2, 0) is 6.42 Å². The van der Waals surface area contributed by atoms with Crippen molar-refractivity contribution in [2.24, 2.45) is 0 Å². The first kappa shape index (κ1) is 15.2. The Morgan fingerprint density at radius 2 is 2.05 bits per heavy atom. The highest BCUT2D eigenvalue weighted by atomic mass is 35.5. The molecular weight excluding hydrogens is 290 g/mol. The van der Waals surface area contributed by atoms with Crippen LogP contribution in [0, 0.1) is 0 Å². The molecule has 1 amide bonds. The number of hydrogen-bond acceptors (Lipinski definition) is 3. The second-order valence-electron chi connectivity index (χ2n) is 4.48. The number of halogens is 1. The molecule has 21 heavy (non-hydrogen) atoms. The number of phenolic OH excluding ortho intramolecular Hbond substituents is 1. The van der Waals surface area contributed by atoms with E-state index in [0.29, 0.717) is 18.0 Å². The standard InChI is InChI=1S/C16H16ClNO3/c1-21-15-5-3-2-4-11(15)8-9-18-16(20)13-7-6-12(17)10-14(13)19/h2-7,10,19H,8-9H2,1H3,(H,18,20). The third-order valence-electron chi connectivity index (χ3n) is 3.08. The van der Waals surface area contributed by atoms with E-state index in [4.69, 9.17) is 16.3 Å². The SMILES string of the molecule is COc1ccccc1CCNC(=O)c1ccc(Cl)cc1O. The molecule has 0 aromatic heterocycles. The second kappa shape index (κ2) is 6.99. The number of hydrogen-bond donors (Lipinski definition) is 2. The smallest absolute Gasteiger partial charge is 0.255 e. The summed E-state index contributed by atoms with van der Waals surface area (Å²) in [5.41, 5.74) is 1.22. The molecule has 2 aromatic carbocycles. The quantitative estimate of drug-likeness (QED) is 0.892. The minimum absolute atomic E-state index is 0.128. The number of aromatic hydroxyl groups is 1. The van der Waals surface area contributed by atoms with Gasteiger partial charge in [-0.2, -0.15) is 0 Å². The van der Waals surface area contributed by atoms with Crippen molar-refractivity contribution in [3.63, 3.8) is 0 Å². The fourth-order valence-corrected chi connectivity index (χ4v) is 2.18. The van der Waals surface area contributed by atoms with Gasteiger partial charge in [0, 0.05) is 11.6 Å². The molecule has 2 N–H and O–H groups in total. The highest BCUT2D eigenvalue weighted by Gasteiger charge is 2.11. The van der Waals surface area contributed by atoms with Crippen molar-refractivity contribution in [1.29, 1.82) is 0 Å². The van der Waals surface area contributed by atoms with Gasteiger partial charge in [-0.3, -0.25) is 4.79 Å². The Labute approximate surface area is 128 Å². The predicted molar refractivity (Wildman–Crippen MR) is 82.1 cm³/mol. The Bertz CT molecular complexity index is 643. The van der Waals surface area contributed by atoms with Gasteiger partial charge in [-0.05, 0) is 36.2 Å². The van der Waals surface area contributed by atoms with Crippen LogP contribution < -0.4 is 10.1 Å². The molecule has 0 saturated heterocycles. The maximum Gasteiger partial charge on any atom is 0.255 e. The van der Waals surface area contributed by atoms with Crippen LogP contribution in [0.15, 0.2) is 42.5 Å². The molecule has 0 aliphatic carbocycles. The third-order valence-corrected chi connectivity index (χ3v) is 3.31. The Morgan fingerprint density at radius 1 is 1.29 bits per heavy atom. The molecule has 0 fully saturated rings. The van der Waals surface area contributed by atoms with Gasteiger partial charge in [-0.25, -0.2) is 0 Å². The minimum atomic E-state index is -0.334. The van der Waals surface area contributed by atoms with Crippen molar-refractivity contribution in [3.05, 3.63) is 58.6 Å². The molecule has 110 valence electrons. The largest absolute Gasteiger partial charge is 0.507 e. The lowest BCUT2D eigenvalue weighted by Crippen LogP contribution is -2.25. The molecule has 0 unspecified atom stereocenters. The van der Waals surface area contributed by atoms with Crippen LogP contribution in [0.5, 0.6) is 11.5 Å². The molecule has 0 saturated carbocycles. The highest BCUT2D eigenvalue weighted by molar-refractivity contribution is 6.30. The molecule has 0 atom stereocenters. The highest BCUT2D eigenvalue weighted by Crippen LogP contribution is 2.22. The number of para-hydroxylation sites is 1. The lowest BCUT2D eigenvalue weighted by Gasteiger charge is -2.10. The van der Waals surface area contributed by atoms with E-state index in [2.05, 4.69) is 5.32 Å². The molecule has 0 aliphatic heterocycles. The molecule has 2 aromatic rings. The number of carbonyl (C=O) groups excluding carboxylic acids is 1. The van der Waals surface area contributed by atoms with Crippen LogP contribution in [0.2, 0.25) is 5.02 Å². The zero-order valence-electron chi connectivity index (χ0n) is 11.6. The van der Waals surface area contributed by atoms with Crippen molar-refractivity contribution in [3.8, 4) is 11.5 Å². The minimum Gasteiger partial charge on any atom is -0.507 e. The number of benzene rings is 2. The first-order valence-corrected chi connectivity index (χ1v) is 6.88. The summed E-state index contributed by atoms with van der Waals surface area (Å²) in [6.07, 6.45) is 0.643. The van der Waals surface area contributed by atoms with E-state index in [9.17, 15) is 9.90 Å². The number of nitrogens with one attached hydrogen (secondary N) is 1. The van der Waals surface area contributed by atoms with Gasteiger partial charge in [0.15, 0.2) is 0 Å². The van der Waals surface area contributed by atoms with E-state index in [1.807, 2.05) is 24.3 Å². The molecule has 0 aliphatic rings. The molecular formula is C16H16ClNO3. The predicted octanol–water partition coefficient (Wildman–Crippen LogP) is 3.03. The summed E-state index contributed by atoms with van der Waals surface area (Å²) >= 11 is 5.73. The molecule has 0 bridgehead atoms. The summed E-state index contributed by atoms with van der Waals surface area (Å²) in [4.78, 5) is 12.0. The van der Waals surface area contributed by atoms with Crippen LogP contribution in [0.4, 0.5) is 0 Å². The number of rotatable bonds is 5. The lowest BCUT2D eigenvalue weighted by atomic mass is 10.1. The summed E-state index contributed by atoms with van der Waals surface area (Å²) in [5.74, 6) is 0.331. The topological polar surface area (TPSA) is 58.6 Å². The molecule has 0 radical (unpaired) electrons. The second-order valence-corrected chi connectivity index (χ2v) is 4.92. The maximum atomic E-state index is 12.0. The fourth-order valence-electron chi connectivity index (χ4n) is 2.01. The van der Waals surface area contributed by atoms with E-state index in [1.165, 1.54) is 12.1 Å². The average molecular weight is 306 g/mol. The number of carbonyl (C=O) groups is 1. The molecule has 5 heteroatoms. The van der Waals surface area contributed by atoms with Gasteiger partial charge in [0.1, 0.15) is 11.5 Å². The normalized spacial score (nSPS) is 10.2. The van der Waals surface area contributed by atoms with Crippen molar-refractivity contribution in [2.75, 3.05) is 13.7 Å². The summed E-state index contributed by atoms with van der Waals surface area (Å²) in [6, 6.07) is 12.0. The zero-order valence-corrected chi connectivity index (χ0v) is 12.4. The molecule has 0 spiro atoms. The zero-order chi connectivity index (χ0) is 15.2. The van der Waals surface area contributed by atoms with Crippen molar-refractivity contribution < 1.29 is 14.6 Å². The lowest BCUT2D eigenvalue weighted by molar-refractivity contribution is 0.0951. The van der Waals surface area contributed by atoms with Crippen molar-refractivity contribution in [2.45, 2.75) is 6.42 Å². The molecule has 4 nitrogen and oxygen atoms in total. The molecule has 2 rings (SSSR count). The number of phenols is 1. The summed E-state index contributed by atoms with van der Waals surface area (Å²) < 4.78 is 5.25. The van der Waals surface area contributed by atoms with E-state index in [1.54, 1.807) is 13.2 Å².